The number of carbonyl (C=O) groups is 1. The van der Waals surface area contributed by atoms with Gasteiger partial charge in [-0.25, -0.2) is 0 Å². The third-order valence-electron chi connectivity index (χ3n) is 3.07. The van der Waals surface area contributed by atoms with Crippen molar-refractivity contribution in [3.63, 3.8) is 0 Å². The van der Waals surface area contributed by atoms with Crippen LogP contribution in [-0.4, -0.2) is 38.2 Å². The van der Waals surface area contributed by atoms with E-state index in [2.05, 4.69) is 6.92 Å². The van der Waals surface area contributed by atoms with Crippen LogP contribution in [0.4, 0.5) is 0 Å². The zero-order valence-corrected chi connectivity index (χ0v) is 6.66. The molecule has 2 rings (SSSR count). The van der Waals surface area contributed by atoms with Crippen LogP contribution < -0.4 is 0 Å². The first-order chi connectivity index (χ1) is 5.21. The number of rotatable bonds is 2. The van der Waals surface area contributed by atoms with E-state index in [9.17, 15) is 4.79 Å². The average molecular weight is 146 g/mol. The smallest absolute Gasteiger partial charge is 0.209 e. The summed E-state index contributed by atoms with van der Waals surface area (Å²) in [7, 11) is 7.05. The summed E-state index contributed by atoms with van der Waals surface area (Å²) in [5, 5.41) is 0. The molecule has 0 spiro atoms. The zero-order chi connectivity index (χ0) is 8.06. The summed E-state index contributed by atoms with van der Waals surface area (Å²) in [6.07, 6.45) is 3.14. The normalized spacial score (nSPS) is 46.8. The van der Waals surface area contributed by atoms with Crippen molar-refractivity contribution in [2.24, 2.45) is 5.41 Å². The van der Waals surface area contributed by atoms with Crippen molar-refractivity contribution in [3.8, 4) is 0 Å². The van der Waals surface area contributed by atoms with E-state index in [1.54, 1.807) is 7.17 Å². The molecule has 3 atom stereocenters. The molecule has 0 aromatic heterocycles. The number of carbonyl (C=O) groups excluding carboxylic acids is 1. The minimum Gasteiger partial charge on any atom is -0.348 e. The third kappa shape index (κ3) is 0.846. The fraction of sp³-hybridized carbons (Fsp3) is 0.857. The molecule has 2 fully saturated rings. The minimum absolute atomic E-state index is 0.191. The van der Waals surface area contributed by atoms with Gasteiger partial charge in [0.25, 0.3) is 0 Å². The number of piperidine rings is 1. The molecule has 2 nitrogen and oxygen atoms in total. The number of nitrogens with zero attached hydrogens (tertiary/aromatic N) is 1. The van der Waals surface area contributed by atoms with Gasteiger partial charge in [0, 0.05) is 13.8 Å². The van der Waals surface area contributed by atoms with Gasteiger partial charge in [0.1, 0.15) is 0 Å². The Labute approximate surface area is 69.0 Å². The summed E-state index contributed by atoms with van der Waals surface area (Å²) in [6.45, 7) is 2.22. The first-order valence-corrected chi connectivity index (χ1v) is 3.99. The topological polar surface area (TPSA) is 20.3 Å². The molecule has 1 amide bonds. The molecular weight excluding hydrogens is 136 g/mol. The van der Waals surface area contributed by atoms with Crippen LogP contribution in [0.25, 0.3) is 0 Å². The van der Waals surface area contributed by atoms with Crippen LogP contribution >= 0.6 is 0 Å². The molecule has 1 aliphatic heterocycles. The molecule has 1 heterocycles. The highest BCUT2D eigenvalue weighted by Crippen LogP contribution is 2.58. The van der Waals surface area contributed by atoms with Crippen LogP contribution in [0.15, 0.2) is 0 Å². The Bertz CT molecular complexity index is 199. The molecule has 0 aromatic rings. The predicted octanol–water partition coefficient (Wildman–Crippen LogP) is -0.259. The summed E-state index contributed by atoms with van der Waals surface area (Å²) in [5.41, 5.74) is 0.390. The maximum atomic E-state index is 10.6. The van der Waals surface area contributed by atoms with E-state index < -0.39 is 0 Å². The van der Waals surface area contributed by atoms with Crippen LogP contribution in [0, 0.1) is 5.41 Å². The number of hydrogen-bond donors (Lipinski definition) is 0. The van der Waals surface area contributed by atoms with Gasteiger partial charge >= 0.3 is 0 Å². The molecule has 0 N–H and O–H groups in total. The van der Waals surface area contributed by atoms with E-state index in [0.29, 0.717) is 11.5 Å². The van der Waals surface area contributed by atoms with Crippen LogP contribution in [0.5, 0.6) is 0 Å². The van der Waals surface area contributed by atoms with Gasteiger partial charge in [0.05, 0.1) is 7.17 Å². The molecule has 55 valence electrons. The lowest BCUT2D eigenvalue weighted by atomic mass is 9.49. The van der Waals surface area contributed by atoms with E-state index in [1.165, 1.54) is 0 Å². The summed E-state index contributed by atoms with van der Waals surface area (Å²) in [6, 6.07) is 0.477. The first-order valence-electron chi connectivity index (χ1n) is 3.99. The van der Waals surface area contributed by atoms with Gasteiger partial charge < -0.3 is 4.90 Å². The highest BCUT2D eigenvalue weighted by atomic mass is 16.1. The number of likely N-dealkylation sites (tertiary alicyclic amines) is 1. The number of fused-ring (bicyclic) bond motifs is 1. The molecule has 0 bridgehead atoms. The SMILES string of the molecule is [B][B][C@@H]1C[C@@]2(C)C[C@H]2N1C=O. The quantitative estimate of drug-likeness (QED) is 0.388. The summed E-state index contributed by atoms with van der Waals surface area (Å²) >= 11 is 0. The van der Waals surface area contributed by atoms with Crippen molar-refractivity contribution in [3.05, 3.63) is 0 Å². The standard InChI is InChI=1S/C7H10B2NO/c1-7-2-5(7)10(4-11)6(3-7)9-8/h4-6H,2-3H2,1H3/t5-,6+,7-/m1/s1. The Morgan fingerprint density at radius 1 is 1.73 bits per heavy atom. The van der Waals surface area contributed by atoms with Crippen molar-refractivity contribution < 1.29 is 4.79 Å². The molecule has 0 aromatic carbocycles. The van der Waals surface area contributed by atoms with Crippen LogP contribution in [-0.2, 0) is 4.79 Å². The molecule has 0 unspecified atom stereocenters. The Morgan fingerprint density at radius 2 is 2.45 bits per heavy atom. The van der Waals surface area contributed by atoms with Crippen molar-refractivity contribution in [1.82, 2.24) is 4.90 Å². The van der Waals surface area contributed by atoms with Gasteiger partial charge in [0.15, 0.2) is 0 Å². The second-order valence-corrected chi connectivity index (χ2v) is 3.89. The van der Waals surface area contributed by atoms with E-state index in [-0.39, 0.29) is 5.94 Å². The van der Waals surface area contributed by atoms with Crippen LogP contribution in [0.1, 0.15) is 19.8 Å². The van der Waals surface area contributed by atoms with Crippen molar-refractivity contribution in [2.75, 3.05) is 0 Å². The Kier molecular flexibility index (Phi) is 1.35. The van der Waals surface area contributed by atoms with Crippen LogP contribution in [0.2, 0.25) is 0 Å². The maximum Gasteiger partial charge on any atom is 0.209 e. The largest absolute Gasteiger partial charge is 0.348 e. The monoisotopic (exact) mass is 146 g/mol. The molecule has 4 heteroatoms. The fourth-order valence-electron chi connectivity index (χ4n) is 2.20. The molecular formula is C7H10B2NO. The van der Waals surface area contributed by atoms with Gasteiger partial charge in [-0.15, -0.1) is 0 Å². The summed E-state index contributed by atoms with van der Waals surface area (Å²) in [5.74, 6) is 0.191. The Balaban J connectivity index is 2.12. The molecule has 11 heavy (non-hydrogen) atoms. The highest BCUT2D eigenvalue weighted by molar-refractivity contribution is 6.90. The zero-order valence-electron chi connectivity index (χ0n) is 6.66. The van der Waals surface area contributed by atoms with Crippen molar-refractivity contribution >= 4 is 21.3 Å². The second-order valence-electron chi connectivity index (χ2n) is 3.89. The van der Waals surface area contributed by atoms with E-state index in [4.69, 9.17) is 7.74 Å². The van der Waals surface area contributed by atoms with Gasteiger partial charge in [-0.1, -0.05) is 6.92 Å². The molecule has 3 radical (unpaired) electrons. The van der Waals surface area contributed by atoms with Crippen molar-refractivity contribution in [1.29, 1.82) is 0 Å². The highest BCUT2D eigenvalue weighted by Gasteiger charge is 2.60. The van der Waals surface area contributed by atoms with Gasteiger partial charge in [-0.05, 0) is 24.2 Å². The lowest BCUT2D eigenvalue weighted by Gasteiger charge is -2.21. The van der Waals surface area contributed by atoms with Gasteiger partial charge in [0.2, 0.25) is 6.41 Å². The molecule has 1 saturated heterocycles. The molecule has 2 aliphatic rings. The summed E-state index contributed by atoms with van der Waals surface area (Å²) < 4.78 is 0. The van der Waals surface area contributed by atoms with E-state index >= 15 is 0 Å². The Morgan fingerprint density at radius 3 is 2.91 bits per heavy atom. The fourth-order valence-corrected chi connectivity index (χ4v) is 2.20. The molecule has 1 aliphatic carbocycles. The van der Waals surface area contributed by atoms with Gasteiger partial charge in [-0.2, -0.15) is 0 Å². The average Bonchev–Trinajstić information content (AvgIpc) is 2.56. The van der Waals surface area contributed by atoms with E-state index in [0.717, 1.165) is 19.3 Å². The predicted molar refractivity (Wildman–Crippen MR) is 44.3 cm³/mol. The van der Waals surface area contributed by atoms with E-state index in [1.807, 2.05) is 4.90 Å². The lowest BCUT2D eigenvalue weighted by molar-refractivity contribution is -0.118. The van der Waals surface area contributed by atoms with Crippen LogP contribution in [0.3, 0.4) is 0 Å². The van der Waals surface area contributed by atoms with Crippen molar-refractivity contribution in [2.45, 2.75) is 31.7 Å². The lowest BCUT2D eigenvalue weighted by Crippen LogP contribution is -2.36. The van der Waals surface area contributed by atoms with Gasteiger partial charge in [-0.3, -0.25) is 4.79 Å². The third-order valence-corrected chi connectivity index (χ3v) is 3.07. The maximum absolute atomic E-state index is 10.6. The number of hydrogen-bond acceptors (Lipinski definition) is 1. The molecule has 1 saturated carbocycles. The number of amides is 1. The second kappa shape index (κ2) is 2.05. The minimum atomic E-state index is 0.191. The summed E-state index contributed by atoms with van der Waals surface area (Å²) in [4.78, 5) is 12.5. The first kappa shape index (κ1) is 7.26. The Hall–Kier alpha value is -0.400.